The Morgan fingerprint density at radius 1 is 1.24 bits per heavy atom. The van der Waals surface area contributed by atoms with Gasteiger partial charge in [0.05, 0.1) is 13.2 Å². The van der Waals surface area contributed by atoms with Crippen molar-refractivity contribution < 1.29 is 9.84 Å². The van der Waals surface area contributed by atoms with E-state index in [0.717, 1.165) is 12.2 Å². The first kappa shape index (κ1) is 16.3. The number of rotatable bonds is 7. The predicted molar refractivity (Wildman–Crippen MR) is 86.9 cm³/mol. The normalized spacial score (nSPS) is 18.3. The van der Waals surface area contributed by atoms with Crippen LogP contribution >= 0.6 is 0 Å². The third kappa shape index (κ3) is 5.01. The molecular formula is C18H29NO2. The van der Waals surface area contributed by atoms with Gasteiger partial charge in [-0.3, -0.25) is 0 Å². The number of hydrogen-bond acceptors (Lipinski definition) is 3. The summed E-state index contributed by atoms with van der Waals surface area (Å²) in [4.78, 5) is 0. The van der Waals surface area contributed by atoms with Gasteiger partial charge in [-0.1, -0.05) is 32.9 Å². The van der Waals surface area contributed by atoms with E-state index in [9.17, 15) is 5.11 Å². The summed E-state index contributed by atoms with van der Waals surface area (Å²) in [5.41, 5.74) is 1.18. The first-order chi connectivity index (χ1) is 9.82. The topological polar surface area (TPSA) is 41.5 Å². The fraction of sp³-hybridized carbons (Fsp3) is 0.667. The zero-order valence-corrected chi connectivity index (χ0v) is 13.8. The maximum absolute atomic E-state index is 9.59. The molecule has 2 N–H and O–H groups in total. The summed E-state index contributed by atoms with van der Waals surface area (Å²) < 4.78 is 5.89. The first-order valence-electron chi connectivity index (χ1n) is 7.94. The Balaban J connectivity index is 1.87. The highest BCUT2D eigenvalue weighted by molar-refractivity contribution is 5.32. The highest BCUT2D eigenvalue weighted by Crippen LogP contribution is 2.26. The Morgan fingerprint density at radius 3 is 2.52 bits per heavy atom. The van der Waals surface area contributed by atoms with Gasteiger partial charge in [-0.2, -0.15) is 0 Å². The van der Waals surface area contributed by atoms with Crippen LogP contribution in [0, 0.1) is 0 Å². The molecule has 0 spiro atoms. The highest BCUT2D eigenvalue weighted by Gasteiger charge is 2.31. The molecule has 1 saturated carbocycles. The molecule has 1 atom stereocenters. The zero-order chi connectivity index (χ0) is 15.5. The summed E-state index contributed by atoms with van der Waals surface area (Å²) in [7, 11) is 0. The number of benzene rings is 1. The van der Waals surface area contributed by atoms with Gasteiger partial charge in [0.25, 0.3) is 0 Å². The molecule has 0 aliphatic heterocycles. The van der Waals surface area contributed by atoms with Gasteiger partial charge in [0.15, 0.2) is 0 Å². The van der Waals surface area contributed by atoms with Crippen molar-refractivity contribution in [1.29, 1.82) is 0 Å². The summed E-state index contributed by atoms with van der Waals surface area (Å²) >= 11 is 0. The lowest BCUT2D eigenvalue weighted by atomic mass is 9.87. The number of aliphatic hydroxyl groups is 1. The van der Waals surface area contributed by atoms with Gasteiger partial charge in [0.2, 0.25) is 0 Å². The first-order valence-corrected chi connectivity index (χ1v) is 7.94. The number of nitrogens with one attached hydrogen (secondary N) is 1. The van der Waals surface area contributed by atoms with Crippen molar-refractivity contribution in [2.75, 3.05) is 13.2 Å². The lowest BCUT2D eigenvalue weighted by Crippen LogP contribution is -2.48. The quantitative estimate of drug-likeness (QED) is 0.810. The van der Waals surface area contributed by atoms with Gasteiger partial charge >= 0.3 is 0 Å². The minimum atomic E-state index is -0.233. The molecule has 3 nitrogen and oxygen atoms in total. The molecule has 0 bridgehead atoms. The summed E-state index contributed by atoms with van der Waals surface area (Å²) in [5, 5.41) is 13.1. The van der Waals surface area contributed by atoms with Crippen LogP contribution < -0.4 is 10.1 Å². The Bertz CT molecular complexity index is 463. The van der Waals surface area contributed by atoms with Crippen LogP contribution in [0.4, 0.5) is 0 Å². The van der Waals surface area contributed by atoms with E-state index in [1.807, 2.05) is 12.1 Å². The van der Waals surface area contributed by atoms with Gasteiger partial charge in [-0.25, -0.2) is 0 Å². The molecular weight excluding hydrogens is 262 g/mol. The maximum atomic E-state index is 9.59. The van der Waals surface area contributed by atoms with Crippen LogP contribution in [0.1, 0.15) is 52.5 Å². The van der Waals surface area contributed by atoms with Crippen LogP contribution in [0.15, 0.2) is 24.3 Å². The summed E-state index contributed by atoms with van der Waals surface area (Å²) in [6, 6.07) is 8.89. The molecule has 21 heavy (non-hydrogen) atoms. The van der Waals surface area contributed by atoms with Crippen LogP contribution in [0.25, 0.3) is 0 Å². The van der Waals surface area contributed by atoms with Gasteiger partial charge in [-0.15, -0.1) is 0 Å². The van der Waals surface area contributed by atoms with Gasteiger partial charge < -0.3 is 15.2 Å². The van der Waals surface area contributed by atoms with Crippen molar-refractivity contribution in [1.82, 2.24) is 5.32 Å². The van der Waals surface area contributed by atoms with Crippen LogP contribution in [-0.2, 0) is 5.41 Å². The lowest BCUT2D eigenvalue weighted by molar-refractivity contribution is 0.142. The third-order valence-corrected chi connectivity index (χ3v) is 4.10. The Morgan fingerprint density at radius 2 is 1.95 bits per heavy atom. The van der Waals surface area contributed by atoms with Crippen molar-refractivity contribution in [3.63, 3.8) is 0 Å². The molecule has 1 aliphatic carbocycles. The second kappa shape index (κ2) is 6.37. The highest BCUT2D eigenvalue weighted by atomic mass is 16.5. The molecule has 0 heterocycles. The van der Waals surface area contributed by atoms with E-state index in [1.54, 1.807) is 0 Å². The lowest BCUT2D eigenvalue weighted by Gasteiger charge is -2.29. The van der Waals surface area contributed by atoms with Crippen molar-refractivity contribution >= 4 is 0 Å². The molecule has 1 aromatic rings. The Labute approximate surface area is 128 Å². The fourth-order valence-corrected chi connectivity index (χ4v) is 2.36. The fourth-order valence-electron chi connectivity index (χ4n) is 2.36. The van der Waals surface area contributed by atoms with Crippen molar-refractivity contribution in [3.8, 4) is 5.75 Å². The Kier molecular flexibility index (Phi) is 4.95. The van der Waals surface area contributed by atoms with Gasteiger partial charge in [-0.05, 0) is 42.9 Å². The number of aliphatic hydroxyl groups excluding tert-OH is 1. The smallest absolute Gasteiger partial charge is 0.119 e. The minimum Gasteiger partial charge on any atom is -0.494 e. The Hall–Kier alpha value is -1.06. The van der Waals surface area contributed by atoms with Crippen LogP contribution in [0.2, 0.25) is 0 Å². The molecule has 0 radical (unpaired) electrons. The van der Waals surface area contributed by atoms with Crippen molar-refractivity contribution in [2.45, 2.75) is 64.0 Å². The van der Waals surface area contributed by atoms with E-state index in [0.29, 0.717) is 12.6 Å². The summed E-state index contributed by atoms with van der Waals surface area (Å²) in [6.45, 7) is 9.44. The second-order valence-electron chi connectivity index (χ2n) is 7.51. The van der Waals surface area contributed by atoms with Gasteiger partial charge in [0.1, 0.15) is 5.75 Å². The molecule has 118 valence electrons. The average molecular weight is 291 g/mol. The second-order valence-corrected chi connectivity index (χ2v) is 7.51. The monoisotopic (exact) mass is 291 g/mol. The van der Waals surface area contributed by atoms with Gasteiger partial charge in [0, 0.05) is 18.0 Å². The summed E-state index contributed by atoms with van der Waals surface area (Å²) in [5.74, 6) is 0.911. The average Bonchev–Trinajstić information content (AvgIpc) is 3.22. The predicted octanol–water partition coefficient (Wildman–Crippen LogP) is 3.26. The largest absolute Gasteiger partial charge is 0.494 e. The number of ether oxygens (including phenoxy) is 1. The van der Waals surface area contributed by atoms with E-state index in [4.69, 9.17) is 4.74 Å². The number of hydrogen-bond donors (Lipinski definition) is 2. The van der Waals surface area contributed by atoms with E-state index < -0.39 is 0 Å². The molecule has 1 aliphatic rings. The third-order valence-electron chi connectivity index (χ3n) is 4.10. The van der Waals surface area contributed by atoms with Crippen LogP contribution in [0.3, 0.4) is 0 Å². The van der Waals surface area contributed by atoms with E-state index in [-0.39, 0.29) is 17.6 Å². The van der Waals surface area contributed by atoms with Crippen molar-refractivity contribution in [3.05, 3.63) is 29.8 Å². The molecule has 0 saturated heterocycles. The van der Waals surface area contributed by atoms with E-state index in [2.05, 4.69) is 45.1 Å². The van der Waals surface area contributed by atoms with Crippen LogP contribution in [-0.4, -0.2) is 29.9 Å². The SMILES string of the molecule is CC(CO)(CCOc1cccc(C(C)(C)C)c1)NC1CC1. The van der Waals surface area contributed by atoms with E-state index in [1.165, 1.54) is 18.4 Å². The minimum absolute atomic E-state index is 0.131. The molecule has 3 heteroatoms. The standard InChI is InChI=1S/C18H29NO2/c1-17(2,3)14-6-5-7-16(12-14)21-11-10-18(4,13-20)19-15-8-9-15/h5-7,12,15,19-20H,8-11,13H2,1-4H3. The molecule has 1 aromatic carbocycles. The van der Waals surface area contributed by atoms with Crippen molar-refractivity contribution in [2.24, 2.45) is 0 Å². The molecule has 1 unspecified atom stereocenters. The molecule has 0 amide bonds. The maximum Gasteiger partial charge on any atom is 0.119 e. The zero-order valence-electron chi connectivity index (χ0n) is 13.8. The molecule has 1 fully saturated rings. The molecule has 0 aromatic heterocycles. The van der Waals surface area contributed by atoms with Crippen LogP contribution in [0.5, 0.6) is 5.75 Å². The molecule has 2 rings (SSSR count). The summed E-state index contributed by atoms with van der Waals surface area (Å²) in [6.07, 6.45) is 3.26. The van der Waals surface area contributed by atoms with E-state index >= 15 is 0 Å².